The molecule has 4 rings (SSSR count). The lowest BCUT2D eigenvalue weighted by Crippen LogP contribution is -2.46. The molecular weight excluding hydrogens is 605 g/mol. The average Bonchev–Trinajstić information content (AvgIpc) is 3.78. The first-order valence-electron chi connectivity index (χ1n) is 14.1. The summed E-state index contributed by atoms with van der Waals surface area (Å²) in [6.07, 6.45) is 1.77. The molecule has 4 fully saturated rings. The van der Waals surface area contributed by atoms with Crippen molar-refractivity contribution in [3.63, 3.8) is 0 Å². The van der Waals surface area contributed by atoms with E-state index in [0.29, 0.717) is 25.7 Å². The highest BCUT2D eigenvalue weighted by Crippen LogP contribution is 2.32. The summed E-state index contributed by atoms with van der Waals surface area (Å²) in [6.45, 7) is 8.16. The molecule has 42 heavy (non-hydrogen) atoms. The molecule has 2 atom stereocenters. The zero-order valence-electron chi connectivity index (χ0n) is 24.9. The molecule has 0 unspecified atom stereocenters. The zero-order chi connectivity index (χ0) is 32.1. The van der Waals surface area contributed by atoms with Crippen LogP contribution < -0.4 is 5.32 Å². The molecule has 0 aromatic heterocycles. The number of carboxylic acid groups (broad SMARTS) is 1. The van der Waals surface area contributed by atoms with Crippen molar-refractivity contribution in [3.8, 4) is 0 Å². The number of rotatable bonds is 8. The number of hydrogen-bond donors (Lipinski definition) is 2. The van der Waals surface area contributed by atoms with Gasteiger partial charge in [0.15, 0.2) is 0 Å². The van der Waals surface area contributed by atoms with Gasteiger partial charge in [-0.05, 0) is 78.7 Å². The van der Waals surface area contributed by atoms with Crippen LogP contribution in [0.25, 0.3) is 0 Å². The Hall–Kier alpha value is -1.69. The van der Waals surface area contributed by atoms with Crippen molar-refractivity contribution >= 4 is 32.1 Å². The number of aliphatic carboxylic acids is 1. The summed E-state index contributed by atoms with van der Waals surface area (Å²) in [5.41, 5.74) is -0.532. The van der Waals surface area contributed by atoms with Crippen molar-refractivity contribution in [2.24, 2.45) is 0 Å². The van der Waals surface area contributed by atoms with Crippen LogP contribution in [0.3, 0.4) is 0 Å². The van der Waals surface area contributed by atoms with E-state index in [1.807, 2.05) is 20.8 Å². The third-order valence-corrected chi connectivity index (χ3v) is 11.8. The minimum atomic E-state index is -5.08. The van der Waals surface area contributed by atoms with E-state index in [4.69, 9.17) is 14.6 Å². The van der Waals surface area contributed by atoms with Gasteiger partial charge in [0.1, 0.15) is 5.60 Å². The Morgan fingerprint density at radius 1 is 0.881 bits per heavy atom. The molecule has 2 heterocycles. The number of likely N-dealkylation sites (N-methyl/N-ethyl adjacent to an activating group) is 2. The minimum Gasteiger partial charge on any atom is -0.475 e. The van der Waals surface area contributed by atoms with E-state index in [2.05, 4.69) is 5.32 Å². The van der Waals surface area contributed by atoms with E-state index in [-0.39, 0.29) is 22.6 Å². The lowest BCUT2D eigenvalue weighted by atomic mass is 10.2. The van der Waals surface area contributed by atoms with Crippen LogP contribution in [-0.4, -0.2) is 122 Å². The lowest BCUT2D eigenvalue weighted by Gasteiger charge is -2.30. The van der Waals surface area contributed by atoms with Crippen LogP contribution >= 0.6 is 0 Å². The highest BCUT2D eigenvalue weighted by atomic mass is 32.2. The number of nitrogens with one attached hydrogen (secondary N) is 1. The van der Waals surface area contributed by atoms with Gasteiger partial charge in [-0.25, -0.2) is 35.0 Å². The minimum absolute atomic E-state index is 0.0751. The van der Waals surface area contributed by atoms with Gasteiger partial charge in [-0.15, -0.1) is 0 Å². The average molecular weight is 651 g/mol. The third kappa shape index (κ3) is 11.4. The monoisotopic (exact) mass is 650 g/mol. The van der Waals surface area contributed by atoms with Crippen LogP contribution in [0.4, 0.5) is 18.0 Å². The van der Waals surface area contributed by atoms with Crippen LogP contribution in [0.1, 0.15) is 72.1 Å². The number of amides is 1. The molecule has 2 saturated carbocycles. The van der Waals surface area contributed by atoms with Crippen LogP contribution in [-0.2, 0) is 29.6 Å². The van der Waals surface area contributed by atoms with Crippen LogP contribution in [0.15, 0.2) is 0 Å². The SMILES string of the molecule is CN(C[C@@H]1CCCN1)S(=O)(=O)C1CC1.CN(C[C@@H]1CCCN1C(=O)OC(C)(C)C)S(=O)(=O)C1CC1.O=C(O)C(F)(F)F. The first-order valence-corrected chi connectivity index (χ1v) is 17.1. The van der Waals surface area contributed by atoms with E-state index in [9.17, 15) is 34.8 Å². The summed E-state index contributed by atoms with van der Waals surface area (Å²) in [5, 5.41) is 10.2. The predicted molar refractivity (Wildman–Crippen MR) is 150 cm³/mol. The Morgan fingerprint density at radius 2 is 1.36 bits per heavy atom. The van der Waals surface area contributed by atoms with Gasteiger partial charge in [0, 0.05) is 45.8 Å². The molecular formula is C25H45F3N4O8S2. The van der Waals surface area contributed by atoms with E-state index in [1.54, 1.807) is 19.0 Å². The third-order valence-electron chi connectivity index (χ3n) is 7.12. The maximum Gasteiger partial charge on any atom is 0.490 e. The number of halogens is 3. The van der Waals surface area contributed by atoms with E-state index < -0.39 is 37.8 Å². The fourth-order valence-corrected chi connectivity index (χ4v) is 7.80. The number of likely N-dealkylation sites (tertiary alicyclic amines) is 1. The second kappa shape index (κ2) is 14.4. The second-order valence-corrected chi connectivity index (χ2v) is 16.8. The van der Waals surface area contributed by atoms with Crippen molar-refractivity contribution in [2.45, 2.75) is 106 Å². The molecule has 17 heteroatoms. The first kappa shape index (κ1) is 36.5. The van der Waals surface area contributed by atoms with Crippen LogP contribution in [0.2, 0.25) is 0 Å². The van der Waals surface area contributed by atoms with Gasteiger partial charge in [0.05, 0.1) is 10.5 Å². The molecule has 0 bridgehead atoms. The smallest absolute Gasteiger partial charge is 0.475 e. The van der Waals surface area contributed by atoms with Gasteiger partial charge in [0.25, 0.3) is 0 Å². The van der Waals surface area contributed by atoms with Gasteiger partial charge in [0.2, 0.25) is 20.0 Å². The van der Waals surface area contributed by atoms with Crippen molar-refractivity contribution in [1.82, 2.24) is 18.8 Å². The number of carboxylic acids is 1. The first-order chi connectivity index (χ1) is 19.2. The highest BCUT2D eigenvalue weighted by molar-refractivity contribution is 7.90. The van der Waals surface area contributed by atoms with Gasteiger partial charge in [-0.2, -0.15) is 13.2 Å². The molecule has 2 N–H and O–H groups in total. The summed E-state index contributed by atoms with van der Waals surface area (Å²) in [7, 11) is -2.83. The standard InChI is InChI=1S/C14H26N2O4S.C9H18N2O2S.C2HF3O2/c1-14(2,3)20-13(17)16-9-5-6-11(16)10-15(4)21(18,19)12-7-8-12;1-11(7-8-3-2-6-10-8)14(12,13)9-4-5-9;3-2(4,5)1(6)7/h11-12H,5-10H2,1-4H3;8-10H,2-7H2,1H3;(H,6,7)/t11-;8-;/m00./s1. The molecule has 0 spiro atoms. The normalized spacial score (nSPS) is 23.2. The van der Waals surface area contributed by atoms with Crippen molar-refractivity contribution in [2.75, 3.05) is 40.3 Å². The maximum atomic E-state index is 12.2. The summed E-state index contributed by atoms with van der Waals surface area (Å²) < 4.78 is 88.0. The molecule has 246 valence electrons. The number of alkyl halides is 3. The molecule has 12 nitrogen and oxygen atoms in total. The number of hydrogen-bond acceptors (Lipinski definition) is 8. The van der Waals surface area contributed by atoms with E-state index in [1.165, 1.54) is 15.0 Å². The highest BCUT2D eigenvalue weighted by Gasteiger charge is 2.42. The quantitative estimate of drug-likeness (QED) is 0.404. The topological polar surface area (TPSA) is 154 Å². The van der Waals surface area contributed by atoms with Gasteiger partial charge in [-0.1, -0.05) is 0 Å². The molecule has 2 aliphatic heterocycles. The van der Waals surface area contributed by atoms with Crippen LogP contribution in [0.5, 0.6) is 0 Å². The molecule has 0 radical (unpaired) electrons. The summed E-state index contributed by atoms with van der Waals surface area (Å²) in [5.74, 6) is -2.76. The molecule has 0 aromatic carbocycles. The fraction of sp³-hybridized carbons (Fsp3) is 0.920. The fourth-order valence-electron chi connectivity index (χ4n) is 4.55. The number of ether oxygens (including phenoxy) is 1. The lowest BCUT2D eigenvalue weighted by molar-refractivity contribution is -0.192. The number of carbonyl (C=O) groups is 2. The maximum absolute atomic E-state index is 12.2. The summed E-state index contributed by atoms with van der Waals surface area (Å²) >= 11 is 0. The van der Waals surface area contributed by atoms with Crippen LogP contribution in [0, 0.1) is 0 Å². The largest absolute Gasteiger partial charge is 0.490 e. The second-order valence-electron chi connectivity index (χ2n) is 12.1. The van der Waals surface area contributed by atoms with Crippen molar-refractivity contribution in [3.05, 3.63) is 0 Å². The zero-order valence-corrected chi connectivity index (χ0v) is 26.5. The summed E-state index contributed by atoms with van der Waals surface area (Å²) in [4.78, 5) is 22.8. The Balaban J connectivity index is 0.000000252. The van der Waals surface area contributed by atoms with Crippen molar-refractivity contribution in [1.29, 1.82) is 0 Å². The van der Waals surface area contributed by atoms with Gasteiger partial charge >= 0.3 is 18.2 Å². The van der Waals surface area contributed by atoms with Crippen molar-refractivity contribution < 1.29 is 49.4 Å². The number of sulfonamides is 2. The number of nitrogens with zero attached hydrogens (tertiary/aromatic N) is 3. The predicted octanol–water partition coefficient (Wildman–Crippen LogP) is 2.61. The summed E-state index contributed by atoms with van der Waals surface area (Å²) in [6, 6.07) is 0.284. The van der Waals surface area contributed by atoms with E-state index in [0.717, 1.165) is 51.5 Å². The molecule has 4 aliphatic rings. The molecule has 0 aromatic rings. The Morgan fingerprint density at radius 3 is 1.74 bits per heavy atom. The van der Waals surface area contributed by atoms with Gasteiger partial charge in [-0.3, -0.25) is 0 Å². The number of carbonyl (C=O) groups excluding carboxylic acids is 1. The molecule has 2 saturated heterocycles. The van der Waals surface area contributed by atoms with Gasteiger partial charge < -0.3 is 20.1 Å². The molecule has 2 aliphatic carbocycles. The Kier molecular flexibility index (Phi) is 12.5. The van der Waals surface area contributed by atoms with E-state index >= 15 is 0 Å². The Bertz CT molecular complexity index is 1130. The Labute approximate surface area is 247 Å². The molecule has 1 amide bonds.